The Hall–Kier alpha value is -2.20. The summed E-state index contributed by atoms with van der Waals surface area (Å²) in [5, 5.41) is 10.6. The number of hydrogen-bond acceptors (Lipinski definition) is 2. The van der Waals surface area contributed by atoms with Crippen LogP contribution in [-0.2, 0) is 0 Å². The first kappa shape index (κ1) is 12.3. The third kappa shape index (κ3) is 3.68. The number of carbonyl (C=O) groups excluding carboxylic acids is 1. The standard InChI is InChI=1S/C13H10ClN3O/c14-10-6-8-11(9-7-10)15-13(18)17-16-12-4-2-1-3-5-12/h1-9H,(H,15,18). The van der Waals surface area contributed by atoms with Crippen LogP contribution in [0.15, 0.2) is 64.8 Å². The van der Waals surface area contributed by atoms with Gasteiger partial charge in [-0.3, -0.25) is 0 Å². The Morgan fingerprint density at radius 3 is 2.33 bits per heavy atom. The maximum atomic E-state index is 11.5. The minimum absolute atomic E-state index is 0.527. The smallest absolute Gasteiger partial charge is 0.305 e. The third-order valence-corrected chi connectivity index (χ3v) is 2.36. The minimum Gasteiger partial charge on any atom is -0.305 e. The fraction of sp³-hybridized carbons (Fsp3) is 0. The van der Waals surface area contributed by atoms with Gasteiger partial charge in [-0.25, -0.2) is 4.79 Å². The molecule has 0 spiro atoms. The molecule has 0 unspecified atom stereocenters. The second-order valence-corrected chi connectivity index (χ2v) is 3.91. The first-order chi connectivity index (χ1) is 8.74. The Kier molecular flexibility index (Phi) is 4.04. The molecular weight excluding hydrogens is 250 g/mol. The average Bonchev–Trinajstić information content (AvgIpc) is 2.40. The van der Waals surface area contributed by atoms with Crippen LogP contribution in [0.4, 0.5) is 16.2 Å². The molecule has 90 valence electrons. The fourth-order valence-corrected chi connectivity index (χ4v) is 1.41. The summed E-state index contributed by atoms with van der Waals surface area (Å²) < 4.78 is 0. The van der Waals surface area contributed by atoms with E-state index < -0.39 is 6.03 Å². The number of amides is 2. The van der Waals surface area contributed by atoms with Crippen LogP contribution >= 0.6 is 11.6 Å². The van der Waals surface area contributed by atoms with Crippen molar-refractivity contribution in [1.29, 1.82) is 0 Å². The average molecular weight is 260 g/mol. The number of urea groups is 1. The van der Waals surface area contributed by atoms with Crippen LogP contribution in [0.25, 0.3) is 0 Å². The number of rotatable bonds is 2. The summed E-state index contributed by atoms with van der Waals surface area (Å²) in [5.74, 6) is 0. The lowest BCUT2D eigenvalue weighted by molar-refractivity contribution is 0.258. The van der Waals surface area contributed by atoms with Crippen molar-refractivity contribution in [3.63, 3.8) is 0 Å². The van der Waals surface area contributed by atoms with E-state index >= 15 is 0 Å². The Labute approximate surface area is 109 Å². The van der Waals surface area contributed by atoms with Crippen molar-refractivity contribution in [2.24, 2.45) is 10.2 Å². The molecule has 0 heterocycles. The van der Waals surface area contributed by atoms with E-state index in [0.717, 1.165) is 0 Å². The largest absolute Gasteiger partial charge is 0.364 e. The van der Waals surface area contributed by atoms with E-state index in [1.54, 1.807) is 36.4 Å². The normalized spacial score (nSPS) is 10.5. The van der Waals surface area contributed by atoms with Crippen LogP contribution in [0.5, 0.6) is 0 Å². The number of anilines is 1. The van der Waals surface area contributed by atoms with E-state index in [2.05, 4.69) is 15.5 Å². The van der Waals surface area contributed by atoms with E-state index in [1.807, 2.05) is 18.2 Å². The lowest BCUT2D eigenvalue weighted by Crippen LogP contribution is -2.04. The molecule has 2 amide bonds. The van der Waals surface area contributed by atoms with Gasteiger partial charge in [0.15, 0.2) is 0 Å². The maximum Gasteiger partial charge on any atom is 0.364 e. The molecule has 0 aliphatic heterocycles. The summed E-state index contributed by atoms with van der Waals surface area (Å²) in [6.45, 7) is 0. The number of azo groups is 1. The maximum absolute atomic E-state index is 11.5. The molecule has 0 fully saturated rings. The van der Waals surface area contributed by atoms with Gasteiger partial charge in [0.2, 0.25) is 0 Å². The molecule has 0 saturated heterocycles. The molecule has 1 N–H and O–H groups in total. The SMILES string of the molecule is O=C(N=Nc1ccccc1)Nc1ccc(Cl)cc1. The molecule has 5 heteroatoms. The molecular formula is C13H10ClN3O. The fourth-order valence-electron chi connectivity index (χ4n) is 1.28. The number of benzene rings is 2. The van der Waals surface area contributed by atoms with E-state index in [-0.39, 0.29) is 0 Å². The van der Waals surface area contributed by atoms with Crippen LogP contribution in [0.2, 0.25) is 5.02 Å². The summed E-state index contributed by atoms with van der Waals surface area (Å²) in [5.41, 5.74) is 1.25. The lowest BCUT2D eigenvalue weighted by atomic mass is 10.3. The van der Waals surface area contributed by atoms with Crippen LogP contribution in [0, 0.1) is 0 Å². The number of nitrogens with one attached hydrogen (secondary N) is 1. The van der Waals surface area contributed by atoms with Crippen molar-refractivity contribution in [3.05, 3.63) is 59.6 Å². The predicted molar refractivity (Wildman–Crippen MR) is 71.4 cm³/mol. The summed E-state index contributed by atoms with van der Waals surface area (Å²) in [4.78, 5) is 11.5. The van der Waals surface area contributed by atoms with Crippen molar-refractivity contribution in [2.45, 2.75) is 0 Å². The first-order valence-electron chi connectivity index (χ1n) is 5.27. The van der Waals surface area contributed by atoms with Gasteiger partial charge in [-0.2, -0.15) is 0 Å². The highest BCUT2D eigenvalue weighted by Gasteiger charge is 1.99. The van der Waals surface area contributed by atoms with Crippen molar-refractivity contribution >= 4 is 29.0 Å². The van der Waals surface area contributed by atoms with Crippen molar-refractivity contribution < 1.29 is 4.79 Å². The quantitative estimate of drug-likeness (QED) is 0.784. The molecule has 0 atom stereocenters. The molecule has 2 aromatic rings. The van der Waals surface area contributed by atoms with Gasteiger partial charge in [0.05, 0.1) is 5.69 Å². The molecule has 0 bridgehead atoms. The molecule has 4 nitrogen and oxygen atoms in total. The van der Waals surface area contributed by atoms with Crippen molar-refractivity contribution in [1.82, 2.24) is 0 Å². The zero-order chi connectivity index (χ0) is 12.8. The van der Waals surface area contributed by atoms with Gasteiger partial charge in [-0.05, 0) is 36.4 Å². The summed E-state index contributed by atoms with van der Waals surface area (Å²) in [6.07, 6.45) is 0. The van der Waals surface area contributed by atoms with Gasteiger partial charge in [0.25, 0.3) is 0 Å². The molecule has 0 aliphatic carbocycles. The zero-order valence-corrected chi connectivity index (χ0v) is 10.1. The van der Waals surface area contributed by atoms with Crippen molar-refractivity contribution in [2.75, 3.05) is 5.32 Å². The second kappa shape index (κ2) is 5.93. The highest BCUT2D eigenvalue weighted by Crippen LogP contribution is 2.14. The molecule has 0 radical (unpaired) electrons. The van der Waals surface area contributed by atoms with Crippen LogP contribution < -0.4 is 5.32 Å². The summed E-state index contributed by atoms with van der Waals surface area (Å²) in [6, 6.07) is 15.3. The Bertz CT molecular complexity index is 552. The van der Waals surface area contributed by atoms with Gasteiger partial charge in [-0.15, -0.1) is 5.11 Å². The van der Waals surface area contributed by atoms with Gasteiger partial charge >= 0.3 is 6.03 Å². The summed E-state index contributed by atoms with van der Waals surface area (Å²) in [7, 11) is 0. The summed E-state index contributed by atoms with van der Waals surface area (Å²) >= 11 is 5.73. The number of nitrogens with zero attached hydrogens (tertiary/aromatic N) is 2. The van der Waals surface area contributed by atoms with E-state index in [4.69, 9.17) is 11.6 Å². The van der Waals surface area contributed by atoms with Crippen molar-refractivity contribution in [3.8, 4) is 0 Å². The van der Waals surface area contributed by atoms with Crippen LogP contribution in [0.3, 0.4) is 0 Å². The molecule has 0 saturated carbocycles. The van der Waals surface area contributed by atoms with Crippen LogP contribution in [0.1, 0.15) is 0 Å². The Balaban J connectivity index is 1.97. The predicted octanol–water partition coefficient (Wildman–Crippen LogP) is 4.66. The third-order valence-electron chi connectivity index (χ3n) is 2.11. The molecule has 0 aliphatic rings. The number of carbonyl (C=O) groups is 1. The van der Waals surface area contributed by atoms with E-state index in [9.17, 15) is 4.79 Å². The zero-order valence-electron chi connectivity index (χ0n) is 9.38. The monoisotopic (exact) mass is 259 g/mol. The highest BCUT2D eigenvalue weighted by molar-refractivity contribution is 6.30. The molecule has 2 aromatic carbocycles. The first-order valence-corrected chi connectivity index (χ1v) is 5.65. The number of hydrogen-bond donors (Lipinski definition) is 1. The van der Waals surface area contributed by atoms with E-state index in [1.165, 1.54) is 0 Å². The molecule has 2 rings (SSSR count). The highest BCUT2D eigenvalue weighted by atomic mass is 35.5. The van der Waals surface area contributed by atoms with Gasteiger partial charge in [0, 0.05) is 10.7 Å². The Morgan fingerprint density at radius 2 is 1.67 bits per heavy atom. The molecule has 0 aromatic heterocycles. The van der Waals surface area contributed by atoms with Gasteiger partial charge < -0.3 is 5.32 Å². The minimum atomic E-state index is -0.527. The van der Waals surface area contributed by atoms with E-state index in [0.29, 0.717) is 16.4 Å². The van der Waals surface area contributed by atoms with Gasteiger partial charge in [0.1, 0.15) is 0 Å². The van der Waals surface area contributed by atoms with Crippen LogP contribution in [-0.4, -0.2) is 6.03 Å². The number of halogens is 1. The lowest BCUT2D eigenvalue weighted by Gasteiger charge is -2.00. The van der Waals surface area contributed by atoms with Gasteiger partial charge in [-0.1, -0.05) is 34.9 Å². The molecule has 18 heavy (non-hydrogen) atoms. The topological polar surface area (TPSA) is 53.8 Å². The Morgan fingerprint density at radius 1 is 1.00 bits per heavy atom. The second-order valence-electron chi connectivity index (χ2n) is 3.47.